The Labute approximate surface area is 91.6 Å². The molecule has 0 aliphatic rings. The molecule has 15 heavy (non-hydrogen) atoms. The lowest BCUT2D eigenvalue weighted by Crippen LogP contribution is -2.06. The summed E-state index contributed by atoms with van der Waals surface area (Å²) in [5, 5.41) is 10.5. The van der Waals surface area contributed by atoms with E-state index in [1.54, 1.807) is 0 Å². The largest absolute Gasteiger partial charge is 0.325 e. The predicted molar refractivity (Wildman–Crippen MR) is 51.4 cm³/mol. The fourth-order valence-corrected chi connectivity index (χ4v) is 1.49. The van der Waals surface area contributed by atoms with Crippen LogP contribution in [0.2, 0.25) is 0 Å². The Morgan fingerprint density at radius 2 is 2.27 bits per heavy atom. The normalized spacial score (nSPS) is 10.7. The number of aromatic nitrogens is 1. The van der Waals surface area contributed by atoms with E-state index in [0.717, 1.165) is 6.07 Å². The molecular weight excluding hydrogens is 276 g/mol. The zero-order valence-electron chi connectivity index (χ0n) is 7.28. The number of hydrogen-bond donors (Lipinski definition) is 1. The number of rotatable bonds is 3. The molecule has 0 fully saturated rings. The van der Waals surface area contributed by atoms with Crippen LogP contribution in [-0.2, 0) is 6.54 Å². The predicted octanol–water partition coefficient (Wildman–Crippen LogP) is 2.15. The van der Waals surface area contributed by atoms with E-state index in [0.29, 0.717) is 0 Å². The van der Waals surface area contributed by atoms with Gasteiger partial charge in [-0.1, -0.05) is 0 Å². The molecule has 0 amide bonds. The number of pyridine rings is 1. The van der Waals surface area contributed by atoms with Gasteiger partial charge in [0.1, 0.15) is 10.3 Å². The fourth-order valence-electron chi connectivity index (χ4n) is 0.992. The second-order valence-corrected chi connectivity index (χ2v) is 3.35. The molecular formula is C7H6BrF2N3O2. The molecule has 1 heterocycles. The minimum Gasteiger partial charge on any atom is -0.325 e. The van der Waals surface area contributed by atoms with Gasteiger partial charge in [0.05, 0.1) is 10.5 Å². The van der Waals surface area contributed by atoms with Crippen LogP contribution in [0.3, 0.4) is 0 Å². The van der Waals surface area contributed by atoms with Gasteiger partial charge in [-0.15, -0.1) is 0 Å². The molecule has 0 bridgehead atoms. The first-order valence-electron chi connectivity index (χ1n) is 3.79. The second-order valence-electron chi connectivity index (χ2n) is 2.60. The summed E-state index contributed by atoms with van der Waals surface area (Å²) in [6, 6.07) is 0.782. The highest BCUT2D eigenvalue weighted by molar-refractivity contribution is 9.10. The van der Waals surface area contributed by atoms with Crippen molar-refractivity contribution in [3.8, 4) is 0 Å². The van der Waals surface area contributed by atoms with Crippen LogP contribution in [0, 0.1) is 10.1 Å². The van der Waals surface area contributed by atoms with E-state index in [9.17, 15) is 18.9 Å². The number of nitro groups is 1. The van der Waals surface area contributed by atoms with Gasteiger partial charge in [0.25, 0.3) is 12.1 Å². The second kappa shape index (κ2) is 4.58. The van der Waals surface area contributed by atoms with Crippen molar-refractivity contribution in [3.63, 3.8) is 0 Å². The van der Waals surface area contributed by atoms with E-state index >= 15 is 0 Å². The Balaban J connectivity index is 3.37. The minimum atomic E-state index is -2.82. The summed E-state index contributed by atoms with van der Waals surface area (Å²) in [4.78, 5) is 13.3. The van der Waals surface area contributed by atoms with Gasteiger partial charge in [-0.05, 0) is 15.9 Å². The van der Waals surface area contributed by atoms with Crippen molar-refractivity contribution >= 4 is 21.6 Å². The third-order valence-electron chi connectivity index (χ3n) is 1.68. The molecule has 0 aliphatic carbocycles. The van der Waals surface area contributed by atoms with E-state index in [1.807, 2.05) is 0 Å². The number of nitrogens with zero attached hydrogens (tertiary/aromatic N) is 2. The van der Waals surface area contributed by atoms with Crippen molar-refractivity contribution in [3.05, 3.63) is 32.0 Å². The standard InChI is InChI=1S/C7H6BrF2N3O2/c8-6-3(7(9)10)1-5(13(14)15)4(2-11)12-6/h1,7H,2,11H2. The minimum absolute atomic E-state index is 0.0312. The van der Waals surface area contributed by atoms with Crippen LogP contribution in [0.25, 0.3) is 0 Å². The van der Waals surface area contributed by atoms with Gasteiger partial charge >= 0.3 is 0 Å². The molecule has 0 aromatic carbocycles. The number of alkyl halides is 2. The summed E-state index contributed by atoms with van der Waals surface area (Å²) in [6.45, 7) is -0.182. The lowest BCUT2D eigenvalue weighted by atomic mass is 10.2. The molecule has 5 nitrogen and oxygen atoms in total. The van der Waals surface area contributed by atoms with Crippen LogP contribution >= 0.6 is 15.9 Å². The number of hydrogen-bond acceptors (Lipinski definition) is 4. The Hall–Kier alpha value is -1.15. The summed E-state index contributed by atoms with van der Waals surface area (Å²) in [5.74, 6) is 0. The zero-order valence-corrected chi connectivity index (χ0v) is 8.87. The van der Waals surface area contributed by atoms with Crippen molar-refractivity contribution in [1.82, 2.24) is 4.98 Å². The molecule has 0 saturated heterocycles. The van der Waals surface area contributed by atoms with Gasteiger partial charge in [0, 0.05) is 12.6 Å². The zero-order chi connectivity index (χ0) is 11.6. The summed E-state index contributed by atoms with van der Waals surface area (Å²) in [7, 11) is 0. The maximum Gasteiger partial charge on any atom is 0.292 e. The van der Waals surface area contributed by atoms with Crippen molar-refractivity contribution in [2.45, 2.75) is 13.0 Å². The highest BCUT2D eigenvalue weighted by Crippen LogP contribution is 2.30. The van der Waals surface area contributed by atoms with E-state index in [2.05, 4.69) is 20.9 Å². The smallest absolute Gasteiger partial charge is 0.292 e. The maximum absolute atomic E-state index is 12.4. The highest BCUT2D eigenvalue weighted by Gasteiger charge is 2.22. The Bertz CT molecular complexity index is 400. The average Bonchev–Trinajstić information content (AvgIpc) is 2.16. The number of halogens is 3. The lowest BCUT2D eigenvalue weighted by Gasteiger charge is -2.05. The average molecular weight is 282 g/mol. The van der Waals surface area contributed by atoms with Gasteiger partial charge in [-0.2, -0.15) is 0 Å². The number of nitrogens with two attached hydrogens (primary N) is 1. The topological polar surface area (TPSA) is 82.0 Å². The third kappa shape index (κ3) is 2.45. The molecule has 0 aliphatic heterocycles. The molecule has 1 aromatic heterocycles. The molecule has 0 saturated carbocycles. The summed E-state index contributed by atoms with van der Waals surface area (Å²) < 4.78 is 24.6. The van der Waals surface area contributed by atoms with Crippen LogP contribution in [0.15, 0.2) is 10.7 Å². The Morgan fingerprint density at radius 1 is 1.67 bits per heavy atom. The van der Waals surface area contributed by atoms with Gasteiger partial charge in [-0.3, -0.25) is 10.1 Å². The van der Waals surface area contributed by atoms with Crippen molar-refractivity contribution in [1.29, 1.82) is 0 Å². The van der Waals surface area contributed by atoms with E-state index in [-0.39, 0.29) is 16.8 Å². The van der Waals surface area contributed by atoms with Gasteiger partial charge in [0.2, 0.25) is 0 Å². The molecule has 0 atom stereocenters. The lowest BCUT2D eigenvalue weighted by molar-refractivity contribution is -0.386. The summed E-state index contributed by atoms with van der Waals surface area (Å²) in [5.41, 5.74) is 4.17. The van der Waals surface area contributed by atoms with Crippen molar-refractivity contribution < 1.29 is 13.7 Å². The first-order chi connectivity index (χ1) is 6.97. The van der Waals surface area contributed by atoms with Crippen LogP contribution in [0.1, 0.15) is 17.7 Å². The molecule has 0 spiro atoms. The molecule has 1 aromatic rings. The molecule has 8 heteroatoms. The highest BCUT2D eigenvalue weighted by atomic mass is 79.9. The first kappa shape index (κ1) is 11.9. The van der Waals surface area contributed by atoms with Crippen molar-refractivity contribution in [2.24, 2.45) is 5.73 Å². The van der Waals surface area contributed by atoms with E-state index in [4.69, 9.17) is 5.73 Å². The maximum atomic E-state index is 12.4. The van der Waals surface area contributed by atoms with Crippen molar-refractivity contribution in [2.75, 3.05) is 0 Å². The summed E-state index contributed by atoms with van der Waals surface area (Å²) in [6.07, 6.45) is -2.82. The Morgan fingerprint density at radius 3 is 2.67 bits per heavy atom. The fraction of sp³-hybridized carbons (Fsp3) is 0.286. The third-order valence-corrected chi connectivity index (χ3v) is 2.32. The van der Waals surface area contributed by atoms with Gasteiger partial charge in [-0.25, -0.2) is 13.8 Å². The molecule has 0 unspecified atom stereocenters. The van der Waals surface area contributed by atoms with Crippen LogP contribution < -0.4 is 5.73 Å². The van der Waals surface area contributed by atoms with E-state index in [1.165, 1.54) is 0 Å². The van der Waals surface area contributed by atoms with E-state index < -0.39 is 22.6 Å². The SMILES string of the molecule is NCc1nc(Br)c(C(F)F)cc1[N+](=O)[O-]. The van der Waals surface area contributed by atoms with Crippen LogP contribution in [-0.4, -0.2) is 9.91 Å². The molecule has 82 valence electrons. The van der Waals surface area contributed by atoms with Gasteiger partial charge in [0.15, 0.2) is 0 Å². The first-order valence-corrected chi connectivity index (χ1v) is 4.58. The molecule has 1 rings (SSSR count). The van der Waals surface area contributed by atoms with Crippen LogP contribution in [0.5, 0.6) is 0 Å². The van der Waals surface area contributed by atoms with Gasteiger partial charge < -0.3 is 5.73 Å². The Kier molecular flexibility index (Phi) is 3.64. The molecule has 0 radical (unpaired) electrons. The quantitative estimate of drug-likeness (QED) is 0.523. The van der Waals surface area contributed by atoms with Crippen LogP contribution in [0.4, 0.5) is 14.5 Å². The summed E-state index contributed by atoms with van der Waals surface area (Å²) >= 11 is 2.80. The molecule has 2 N–H and O–H groups in total. The monoisotopic (exact) mass is 281 g/mol.